The first-order valence-electron chi connectivity index (χ1n) is 7.76. The maximum absolute atomic E-state index is 6.15. The minimum Gasteiger partial charge on any atom is -0.376 e. The van der Waals surface area contributed by atoms with Crippen molar-refractivity contribution in [1.29, 1.82) is 0 Å². The molecule has 2 fully saturated rings. The highest BCUT2D eigenvalue weighted by Gasteiger charge is 2.30. The van der Waals surface area contributed by atoms with Gasteiger partial charge in [-0.2, -0.15) is 0 Å². The summed E-state index contributed by atoms with van der Waals surface area (Å²) in [6.45, 7) is 4.75. The van der Waals surface area contributed by atoms with E-state index in [0.29, 0.717) is 18.1 Å². The van der Waals surface area contributed by atoms with Gasteiger partial charge in [-0.05, 0) is 56.9 Å². The number of hydrogen-bond acceptors (Lipinski definition) is 3. The van der Waals surface area contributed by atoms with E-state index in [1.54, 1.807) is 0 Å². The van der Waals surface area contributed by atoms with Crippen molar-refractivity contribution in [2.75, 3.05) is 19.8 Å². The standard InChI is InChI=1S/C15H29NO2/c1-2-12-6-7-13(10-16)15(9-12)18-11-14-5-3-4-8-17-14/h12-15H,2-11,16H2,1H3. The predicted molar refractivity (Wildman–Crippen MR) is 73.5 cm³/mol. The lowest BCUT2D eigenvalue weighted by atomic mass is 9.78. The maximum Gasteiger partial charge on any atom is 0.0808 e. The van der Waals surface area contributed by atoms with Crippen LogP contribution >= 0.6 is 0 Å². The topological polar surface area (TPSA) is 44.5 Å². The van der Waals surface area contributed by atoms with Gasteiger partial charge in [0.1, 0.15) is 0 Å². The predicted octanol–water partition coefficient (Wildman–Crippen LogP) is 2.73. The molecule has 0 aromatic heterocycles. The lowest BCUT2D eigenvalue weighted by molar-refractivity contribution is -0.0897. The molecule has 2 aliphatic rings. The molecule has 1 aliphatic heterocycles. The van der Waals surface area contributed by atoms with Crippen LogP contribution in [0.3, 0.4) is 0 Å². The van der Waals surface area contributed by atoms with E-state index in [1.165, 1.54) is 38.5 Å². The van der Waals surface area contributed by atoms with Crippen LogP contribution in [0.15, 0.2) is 0 Å². The van der Waals surface area contributed by atoms with Crippen LogP contribution in [0.1, 0.15) is 51.9 Å². The summed E-state index contributed by atoms with van der Waals surface area (Å²) >= 11 is 0. The fourth-order valence-electron chi connectivity index (χ4n) is 3.29. The monoisotopic (exact) mass is 255 g/mol. The molecule has 3 nitrogen and oxygen atoms in total. The van der Waals surface area contributed by atoms with Crippen molar-refractivity contribution in [2.24, 2.45) is 17.6 Å². The van der Waals surface area contributed by atoms with Crippen LogP contribution < -0.4 is 5.73 Å². The Labute approximate surface area is 111 Å². The molecule has 0 amide bonds. The zero-order valence-electron chi connectivity index (χ0n) is 11.8. The molecule has 0 radical (unpaired) electrons. The van der Waals surface area contributed by atoms with Gasteiger partial charge in [0.25, 0.3) is 0 Å². The molecule has 0 aromatic carbocycles. The van der Waals surface area contributed by atoms with E-state index in [2.05, 4.69) is 6.92 Å². The zero-order chi connectivity index (χ0) is 12.8. The first-order valence-corrected chi connectivity index (χ1v) is 7.76. The Kier molecular flexibility index (Phi) is 5.93. The molecule has 1 saturated carbocycles. The van der Waals surface area contributed by atoms with E-state index >= 15 is 0 Å². The summed E-state index contributed by atoms with van der Waals surface area (Å²) in [4.78, 5) is 0. The van der Waals surface area contributed by atoms with Crippen molar-refractivity contribution in [3.05, 3.63) is 0 Å². The minimum atomic E-state index is 0.333. The Morgan fingerprint density at radius 1 is 1.22 bits per heavy atom. The van der Waals surface area contributed by atoms with E-state index in [4.69, 9.17) is 15.2 Å². The number of nitrogens with two attached hydrogens (primary N) is 1. The second-order valence-corrected chi connectivity index (χ2v) is 5.94. The Hall–Kier alpha value is -0.120. The Morgan fingerprint density at radius 3 is 2.78 bits per heavy atom. The molecule has 18 heavy (non-hydrogen) atoms. The third-order valence-corrected chi connectivity index (χ3v) is 4.69. The SMILES string of the molecule is CCC1CCC(CN)C(OCC2CCCCO2)C1. The summed E-state index contributed by atoms with van der Waals surface area (Å²) in [5.41, 5.74) is 5.88. The van der Waals surface area contributed by atoms with Crippen LogP contribution in [0.25, 0.3) is 0 Å². The lowest BCUT2D eigenvalue weighted by Gasteiger charge is -2.36. The number of ether oxygens (including phenoxy) is 2. The molecule has 4 unspecified atom stereocenters. The highest BCUT2D eigenvalue weighted by molar-refractivity contribution is 4.81. The normalized spacial score (nSPS) is 37.7. The fourth-order valence-corrected chi connectivity index (χ4v) is 3.29. The van der Waals surface area contributed by atoms with Gasteiger partial charge < -0.3 is 15.2 Å². The second kappa shape index (κ2) is 7.46. The molecule has 1 saturated heterocycles. The molecule has 4 atom stereocenters. The highest BCUT2D eigenvalue weighted by atomic mass is 16.5. The quantitative estimate of drug-likeness (QED) is 0.821. The molecule has 1 heterocycles. The van der Waals surface area contributed by atoms with E-state index in [0.717, 1.165) is 32.1 Å². The van der Waals surface area contributed by atoms with Crippen molar-refractivity contribution in [3.63, 3.8) is 0 Å². The van der Waals surface area contributed by atoms with Gasteiger partial charge in [-0.1, -0.05) is 13.3 Å². The van der Waals surface area contributed by atoms with Crippen molar-refractivity contribution in [3.8, 4) is 0 Å². The Bertz CT molecular complexity index is 229. The van der Waals surface area contributed by atoms with Gasteiger partial charge >= 0.3 is 0 Å². The summed E-state index contributed by atoms with van der Waals surface area (Å²) < 4.78 is 11.9. The van der Waals surface area contributed by atoms with E-state index < -0.39 is 0 Å². The van der Waals surface area contributed by atoms with Gasteiger partial charge in [0, 0.05) is 6.61 Å². The third kappa shape index (κ3) is 3.94. The van der Waals surface area contributed by atoms with Crippen LogP contribution in [0.5, 0.6) is 0 Å². The van der Waals surface area contributed by atoms with Crippen LogP contribution in [0, 0.1) is 11.8 Å². The minimum absolute atomic E-state index is 0.333. The van der Waals surface area contributed by atoms with E-state index in [1.807, 2.05) is 0 Å². The number of rotatable bonds is 5. The third-order valence-electron chi connectivity index (χ3n) is 4.69. The van der Waals surface area contributed by atoms with E-state index in [9.17, 15) is 0 Å². The smallest absolute Gasteiger partial charge is 0.0808 e. The maximum atomic E-state index is 6.15. The molecule has 106 valence electrons. The summed E-state index contributed by atoms with van der Waals surface area (Å²) in [6, 6.07) is 0. The van der Waals surface area contributed by atoms with Crippen molar-refractivity contribution in [1.82, 2.24) is 0 Å². The Morgan fingerprint density at radius 2 is 2.11 bits per heavy atom. The molecule has 3 heteroatoms. The van der Waals surface area contributed by atoms with Gasteiger partial charge in [-0.25, -0.2) is 0 Å². The van der Waals surface area contributed by atoms with Crippen molar-refractivity contribution < 1.29 is 9.47 Å². The first kappa shape index (κ1) is 14.3. The average Bonchev–Trinajstić information content (AvgIpc) is 2.45. The van der Waals surface area contributed by atoms with Crippen LogP contribution in [0.4, 0.5) is 0 Å². The second-order valence-electron chi connectivity index (χ2n) is 5.94. The molecule has 2 N–H and O–H groups in total. The molecular weight excluding hydrogens is 226 g/mol. The van der Waals surface area contributed by atoms with Crippen LogP contribution in [0.2, 0.25) is 0 Å². The first-order chi connectivity index (χ1) is 8.83. The fraction of sp³-hybridized carbons (Fsp3) is 1.00. The Balaban J connectivity index is 1.76. The zero-order valence-corrected chi connectivity index (χ0v) is 11.8. The van der Waals surface area contributed by atoms with Crippen molar-refractivity contribution in [2.45, 2.75) is 64.1 Å². The lowest BCUT2D eigenvalue weighted by Crippen LogP contribution is -2.38. The van der Waals surface area contributed by atoms with Gasteiger partial charge in [-0.3, -0.25) is 0 Å². The van der Waals surface area contributed by atoms with Crippen LogP contribution in [-0.4, -0.2) is 32.0 Å². The molecule has 0 spiro atoms. The van der Waals surface area contributed by atoms with Gasteiger partial charge in [0.05, 0.1) is 18.8 Å². The average molecular weight is 255 g/mol. The highest BCUT2D eigenvalue weighted by Crippen LogP contribution is 2.32. The van der Waals surface area contributed by atoms with Gasteiger partial charge in [-0.15, -0.1) is 0 Å². The summed E-state index contributed by atoms with van der Waals surface area (Å²) in [6.07, 6.45) is 9.42. The molecule has 2 rings (SSSR count). The molecule has 1 aliphatic carbocycles. The number of hydrogen-bond donors (Lipinski definition) is 1. The molecular formula is C15H29NO2. The molecule has 0 aromatic rings. The molecule has 0 bridgehead atoms. The van der Waals surface area contributed by atoms with Crippen molar-refractivity contribution >= 4 is 0 Å². The summed E-state index contributed by atoms with van der Waals surface area (Å²) in [5.74, 6) is 1.40. The summed E-state index contributed by atoms with van der Waals surface area (Å²) in [7, 11) is 0. The van der Waals surface area contributed by atoms with E-state index in [-0.39, 0.29) is 0 Å². The largest absolute Gasteiger partial charge is 0.376 e. The van der Waals surface area contributed by atoms with Gasteiger partial charge in [0.15, 0.2) is 0 Å². The van der Waals surface area contributed by atoms with Gasteiger partial charge in [0.2, 0.25) is 0 Å². The van der Waals surface area contributed by atoms with Crippen LogP contribution in [-0.2, 0) is 9.47 Å². The summed E-state index contributed by atoms with van der Waals surface area (Å²) in [5, 5.41) is 0.